The van der Waals surface area contributed by atoms with Crippen molar-refractivity contribution in [3.8, 4) is 6.01 Å². The van der Waals surface area contributed by atoms with Gasteiger partial charge in [-0.1, -0.05) is 0 Å². The van der Waals surface area contributed by atoms with Crippen LogP contribution < -0.4 is 4.74 Å². The van der Waals surface area contributed by atoms with Gasteiger partial charge >= 0.3 is 0 Å². The SMILES string of the molecule is COc1nc(=S)nc(C2CC2)[nH]1. The molecule has 1 fully saturated rings. The summed E-state index contributed by atoms with van der Waals surface area (Å²) in [6.07, 6.45) is 2.37. The molecule has 5 heteroatoms. The van der Waals surface area contributed by atoms with E-state index in [-0.39, 0.29) is 0 Å². The molecule has 0 aromatic carbocycles. The first-order chi connectivity index (χ1) is 5.79. The molecule has 0 radical (unpaired) electrons. The number of hydrogen-bond acceptors (Lipinski definition) is 4. The molecule has 0 saturated heterocycles. The maximum Gasteiger partial charge on any atom is 0.297 e. The van der Waals surface area contributed by atoms with Crippen LogP contribution in [0.15, 0.2) is 0 Å². The number of aromatic amines is 1. The molecule has 1 heterocycles. The second kappa shape index (κ2) is 2.82. The summed E-state index contributed by atoms with van der Waals surface area (Å²) in [4.78, 5) is 11.0. The standard InChI is InChI=1S/C7H9N3OS/c1-11-6-8-5(4-2-3-4)9-7(12)10-6/h4H,2-3H2,1H3,(H,8,9,10,12). The lowest BCUT2D eigenvalue weighted by Gasteiger charge is -2.00. The number of aromatic nitrogens is 3. The van der Waals surface area contributed by atoms with Gasteiger partial charge in [0.25, 0.3) is 6.01 Å². The first kappa shape index (κ1) is 7.67. The van der Waals surface area contributed by atoms with Crippen LogP contribution in [0, 0.1) is 4.77 Å². The molecule has 2 rings (SSSR count). The predicted octanol–water partition coefficient (Wildman–Crippen LogP) is 1.42. The van der Waals surface area contributed by atoms with E-state index in [4.69, 9.17) is 17.0 Å². The highest BCUT2D eigenvalue weighted by Crippen LogP contribution is 2.37. The van der Waals surface area contributed by atoms with Crippen LogP contribution in [0.3, 0.4) is 0 Å². The molecule has 0 amide bonds. The summed E-state index contributed by atoms with van der Waals surface area (Å²) in [7, 11) is 1.56. The van der Waals surface area contributed by atoms with Gasteiger partial charge in [-0.05, 0) is 25.1 Å². The van der Waals surface area contributed by atoms with Crippen molar-refractivity contribution in [3.05, 3.63) is 10.6 Å². The van der Waals surface area contributed by atoms with Gasteiger partial charge in [-0.3, -0.25) is 4.98 Å². The lowest BCUT2D eigenvalue weighted by molar-refractivity contribution is 0.374. The zero-order chi connectivity index (χ0) is 8.55. The Morgan fingerprint density at radius 3 is 2.83 bits per heavy atom. The minimum atomic E-state index is 0.354. The van der Waals surface area contributed by atoms with Gasteiger partial charge in [0, 0.05) is 5.92 Å². The lowest BCUT2D eigenvalue weighted by atomic mass is 10.4. The number of rotatable bonds is 2. The van der Waals surface area contributed by atoms with Crippen LogP contribution in [-0.2, 0) is 0 Å². The van der Waals surface area contributed by atoms with E-state index in [1.807, 2.05) is 0 Å². The average Bonchev–Trinajstić information content (AvgIpc) is 2.85. The largest absolute Gasteiger partial charge is 0.468 e. The molecule has 0 unspecified atom stereocenters. The molecule has 0 aliphatic heterocycles. The van der Waals surface area contributed by atoms with Gasteiger partial charge in [0.05, 0.1) is 7.11 Å². The second-order valence-electron chi connectivity index (χ2n) is 2.80. The third kappa shape index (κ3) is 1.45. The maximum absolute atomic E-state index is 4.94. The predicted molar refractivity (Wildman–Crippen MR) is 45.7 cm³/mol. The van der Waals surface area contributed by atoms with Crippen molar-refractivity contribution in [2.75, 3.05) is 7.11 Å². The molecule has 1 aromatic heterocycles. The highest BCUT2D eigenvalue weighted by atomic mass is 32.1. The van der Waals surface area contributed by atoms with Crippen molar-refractivity contribution >= 4 is 12.2 Å². The Labute approximate surface area is 75.0 Å². The quantitative estimate of drug-likeness (QED) is 0.704. The molecule has 1 aliphatic rings. The third-order valence-electron chi connectivity index (χ3n) is 1.81. The van der Waals surface area contributed by atoms with Crippen LogP contribution in [0.5, 0.6) is 6.01 Å². The van der Waals surface area contributed by atoms with Gasteiger partial charge in [0.1, 0.15) is 5.82 Å². The first-order valence-electron chi connectivity index (χ1n) is 3.82. The van der Waals surface area contributed by atoms with Gasteiger partial charge in [0.2, 0.25) is 4.77 Å². The van der Waals surface area contributed by atoms with Gasteiger partial charge in [-0.2, -0.15) is 4.98 Å². The minimum absolute atomic E-state index is 0.354. The second-order valence-corrected chi connectivity index (χ2v) is 3.17. The molecular formula is C7H9N3OS. The van der Waals surface area contributed by atoms with E-state index in [1.165, 1.54) is 12.8 Å². The van der Waals surface area contributed by atoms with Crippen LogP contribution in [0.4, 0.5) is 0 Å². The molecule has 0 atom stereocenters. The third-order valence-corrected chi connectivity index (χ3v) is 1.99. The number of hydrogen-bond donors (Lipinski definition) is 1. The smallest absolute Gasteiger partial charge is 0.297 e. The molecule has 1 N–H and O–H groups in total. The van der Waals surface area contributed by atoms with Crippen molar-refractivity contribution in [2.45, 2.75) is 18.8 Å². The number of H-pyrrole nitrogens is 1. The molecule has 64 valence electrons. The molecule has 12 heavy (non-hydrogen) atoms. The van der Waals surface area contributed by atoms with Crippen molar-refractivity contribution in [2.24, 2.45) is 0 Å². The highest BCUT2D eigenvalue weighted by molar-refractivity contribution is 7.71. The van der Waals surface area contributed by atoms with E-state index in [1.54, 1.807) is 7.11 Å². The molecule has 4 nitrogen and oxygen atoms in total. The Morgan fingerprint density at radius 2 is 2.25 bits per heavy atom. The Balaban J connectivity index is 2.41. The van der Waals surface area contributed by atoms with Crippen molar-refractivity contribution in [1.29, 1.82) is 0 Å². The Morgan fingerprint density at radius 1 is 1.50 bits per heavy atom. The Hall–Kier alpha value is -0.970. The molecule has 1 aromatic rings. The van der Waals surface area contributed by atoms with Gasteiger partial charge in [-0.25, -0.2) is 4.98 Å². The van der Waals surface area contributed by atoms with Crippen LogP contribution in [0.1, 0.15) is 24.6 Å². The van der Waals surface area contributed by atoms with Crippen LogP contribution >= 0.6 is 12.2 Å². The van der Waals surface area contributed by atoms with E-state index in [0.29, 0.717) is 16.7 Å². The van der Waals surface area contributed by atoms with Crippen LogP contribution in [0.25, 0.3) is 0 Å². The normalized spacial score (nSPS) is 16.1. The fourth-order valence-corrected chi connectivity index (χ4v) is 1.21. The molecule has 1 saturated carbocycles. The fraction of sp³-hybridized carbons (Fsp3) is 0.571. The summed E-state index contributed by atoms with van der Waals surface area (Å²) < 4.78 is 5.29. The number of ether oxygens (including phenoxy) is 1. The number of methoxy groups -OCH3 is 1. The van der Waals surface area contributed by atoms with E-state index < -0.39 is 0 Å². The molecule has 0 spiro atoms. The zero-order valence-corrected chi connectivity index (χ0v) is 7.52. The van der Waals surface area contributed by atoms with Crippen LogP contribution in [0.2, 0.25) is 0 Å². The summed E-state index contributed by atoms with van der Waals surface area (Å²) in [6.45, 7) is 0. The van der Waals surface area contributed by atoms with E-state index in [9.17, 15) is 0 Å². The monoisotopic (exact) mass is 183 g/mol. The van der Waals surface area contributed by atoms with Gasteiger partial charge in [0.15, 0.2) is 0 Å². The van der Waals surface area contributed by atoms with Crippen molar-refractivity contribution < 1.29 is 4.74 Å². The maximum atomic E-state index is 4.94. The minimum Gasteiger partial charge on any atom is -0.468 e. The Bertz CT molecular complexity index is 345. The lowest BCUT2D eigenvalue weighted by Crippen LogP contribution is -1.99. The van der Waals surface area contributed by atoms with E-state index in [2.05, 4.69) is 15.0 Å². The van der Waals surface area contributed by atoms with Gasteiger partial charge in [-0.15, -0.1) is 0 Å². The molecule has 1 aliphatic carbocycles. The van der Waals surface area contributed by atoms with Crippen LogP contribution in [-0.4, -0.2) is 22.1 Å². The Kier molecular flexibility index (Phi) is 1.80. The van der Waals surface area contributed by atoms with Crippen molar-refractivity contribution in [1.82, 2.24) is 15.0 Å². The zero-order valence-electron chi connectivity index (χ0n) is 6.70. The molecule has 0 bridgehead atoms. The van der Waals surface area contributed by atoms with Gasteiger partial charge < -0.3 is 4.74 Å². The summed E-state index contributed by atoms with van der Waals surface area (Å²) in [5.74, 6) is 1.45. The average molecular weight is 183 g/mol. The summed E-state index contributed by atoms with van der Waals surface area (Å²) >= 11 is 4.88. The van der Waals surface area contributed by atoms with E-state index in [0.717, 1.165) is 5.82 Å². The van der Waals surface area contributed by atoms with Crippen molar-refractivity contribution in [3.63, 3.8) is 0 Å². The summed E-state index contributed by atoms with van der Waals surface area (Å²) in [5, 5.41) is 0. The number of nitrogens with zero attached hydrogens (tertiary/aromatic N) is 2. The fourth-order valence-electron chi connectivity index (χ4n) is 1.03. The van der Waals surface area contributed by atoms with E-state index >= 15 is 0 Å². The summed E-state index contributed by atoms with van der Waals surface area (Å²) in [5.41, 5.74) is 0. The highest BCUT2D eigenvalue weighted by Gasteiger charge is 2.26. The summed E-state index contributed by atoms with van der Waals surface area (Å²) in [6, 6.07) is 0.455. The number of nitrogens with one attached hydrogen (secondary N) is 1. The topological polar surface area (TPSA) is 50.8 Å². The molecular weight excluding hydrogens is 174 g/mol. The first-order valence-corrected chi connectivity index (χ1v) is 4.22.